The minimum atomic E-state index is 0.714. The molecule has 0 aliphatic heterocycles. The van der Waals surface area contributed by atoms with Gasteiger partial charge in [0.15, 0.2) is 0 Å². The van der Waals surface area contributed by atoms with Gasteiger partial charge in [-0.1, -0.05) is 44.6 Å². The summed E-state index contributed by atoms with van der Waals surface area (Å²) < 4.78 is 10.9. The maximum atomic E-state index is 5.61. The maximum absolute atomic E-state index is 5.61. The van der Waals surface area contributed by atoms with E-state index in [1.165, 1.54) is 64.2 Å². The molecule has 0 saturated heterocycles. The molecular formula is C20H36O2. The van der Waals surface area contributed by atoms with Gasteiger partial charge in [0.1, 0.15) is 0 Å². The van der Waals surface area contributed by atoms with Crippen molar-refractivity contribution >= 4 is 0 Å². The topological polar surface area (TPSA) is 18.5 Å². The van der Waals surface area contributed by atoms with Crippen LogP contribution in [0.3, 0.4) is 0 Å². The number of methoxy groups -OCH3 is 1. The lowest BCUT2D eigenvalue weighted by molar-refractivity contribution is 0.0920. The second kappa shape index (κ2) is 10.4. The van der Waals surface area contributed by atoms with E-state index in [2.05, 4.69) is 6.58 Å². The fourth-order valence-electron chi connectivity index (χ4n) is 4.40. The van der Waals surface area contributed by atoms with Gasteiger partial charge in [-0.15, -0.1) is 6.58 Å². The summed E-state index contributed by atoms with van der Waals surface area (Å²) in [6, 6.07) is 0. The van der Waals surface area contributed by atoms with Crippen LogP contribution in [0.1, 0.15) is 64.2 Å². The van der Waals surface area contributed by atoms with Crippen LogP contribution < -0.4 is 0 Å². The first kappa shape index (κ1) is 18.0. The SMILES string of the molecule is C=CCOCC1CCC(CCC2CCC(COC)CC2)CC1. The lowest BCUT2D eigenvalue weighted by Gasteiger charge is -2.31. The first-order valence-electron chi connectivity index (χ1n) is 9.49. The fraction of sp³-hybridized carbons (Fsp3) is 0.900. The largest absolute Gasteiger partial charge is 0.384 e. The predicted molar refractivity (Wildman–Crippen MR) is 93.0 cm³/mol. The van der Waals surface area contributed by atoms with Crippen molar-refractivity contribution < 1.29 is 9.47 Å². The summed E-state index contributed by atoms with van der Waals surface area (Å²) in [5, 5.41) is 0. The third-order valence-electron chi connectivity index (χ3n) is 5.91. The van der Waals surface area contributed by atoms with E-state index in [1.54, 1.807) is 0 Å². The molecule has 2 saturated carbocycles. The molecule has 0 aromatic rings. The molecule has 2 nitrogen and oxygen atoms in total. The Labute approximate surface area is 137 Å². The van der Waals surface area contributed by atoms with E-state index in [4.69, 9.17) is 9.47 Å². The number of rotatable bonds is 9. The molecule has 0 amide bonds. The summed E-state index contributed by atoms with van der Waals surface area (Å²) in [7, 11) is 1.84. The zero-order chi connectivity index (χ0) is 15.6. The Morgan fingerprint density at radius 2 is 1.23 bits per heavy atom. The first-order valence-corrected chi connectivity index (χ1v) is 9.49. The number of ether oxygens (including phenoxy) is 2. The zero-order valence-electron chi connectivity index (χ0n) is 14.6. The van der Waals surface area contributed by atoms with Crippen molar-refractivity contribution in [2.75, 3.05) is 26.9 Å². The van der Waals surface area contributed by atoms with E-state index < -0.39 is 0 Å². The van der Waals surface area contributed by atoms with Crippen molar-refractivity contribution in [1.82, 2.24) is 0 Å². The van der Waals surface area contributed by atoms with Gasteiger partial charge in [-0.05, 0) is 49.4 Å². The molecule has 0 bridgehead atoms. The van der Waals surface area contributed by atoms with Gasteiger partial charge in [0, 0.05) is 20.3 Å². The second-order valence-electron chi connectivity index (χ2n) is 7.63. The second-order valence-corrected chi connectivity index (χ2v) is 7.63. The van der Waals surface area contributed by atoms with Crippen LogP contribution in [0.15, 0.2) is 12.7 Å². The first-order chi connectivity index (χ1) is 10.8. The quantitative estimate of drug-likeness (QED) is 0.429. The van der Waals surface area contributed by atoms with Crippen LogP contribution in [0.25, 0.3) is 0 Å². The third kappa shape index (κ3) is 6.42. The van der Waals surface area contributed by atoms with Crippen molar-refractivity contribution in [1.29, 1.82) is 0 Å². The van der Waals surface area contributed by atoms with Gasteiger partial charge < -0.3 is 9.47 Å². The lowest BCUT2D eigenvalue weighted by Crippen LogP contribution is -2.21. The van der Waals surface area contributed by atoms with Crippen molar-refractivity contribution in [2.24, 2.45) is 23.7 Å². The van der Waals surface area contributed by atoms with Crippen molar-refractivity contribution in [2.45, 2.75) is 64.2 Å². The third-order valence-corrected chi connectivity index (χ3v) is 5.91. The standard InChI is InChI=1S/C20H36O2/c1-3-14-22-16-20-12-8-18(9-13-20)5-4-17-6-10-19(11-7-17)15-21-2/h3,17-20H,1,4-16H2,2H3. The van der Waals surface area contributed by atoms with Gasteiger partial charge in [-0.3, -0.25) is 0 Å². The molecule has 22 heavy (non-hydrogen) atoms. The molecular weight excluding hydrogens is 272 g/mol. The Morgan fingerprint density at radius 3 is 1.68 bits per heavy atom. The highest BCUT2D eigenvalue weighted by Gasteiger charge is 2.24. The van der Waals surface area contributed by atoms with Crippen molar-refractivity contribution in [3.05, 3.63) is 12.7 Å². The molecule has 0 unspecified atom stereocenters. The van der Waals surface area contributed by atoms with Crippen molar-refractivity contribution in [3.63, 3.8) is 0 Å². The van der Waals surface area contributed by atoms with E-state index in [0.29, 0.717) is 6.61 Å². The summed E-state index contributed by atoms with van der Waals surface area (Å²) in [6.07, 6.45) is 16.1. The van der Waals surface area contributed by atoms with Crippen LogP contribution in [-0.4, -0.2) is 26.9 Å². The van der Waals surface area contributed by atoms with E-state index in [9.17, 15) is 0 Å². The number of hydrogen-bond acceptors (Lipinski definition) is 2. The van der Waals surface area contributed by atoms with Gasteiger partial charge in [0.05, 0.1) is 6.61 Å². The average molecular weight is 309 g/mol. The van der Waals surface area contributed by atoms with Gasteiger partial charge in [-0.2, -0.15) is 0 Å². The summed E-state index contributed by atoms with van der Waals surface area (Å²) in [4.78, 5) is 0. The van der Waals surface area contributed by atoms with Crippen LogP contribution in [-0.2, 0) is 9.47 Å². The van der Waals surface area contributed by atoms with Crippen molar-refractivity contribution in [3.8, 4) is 0 Å². The maximum Gasteiger partial charge on any atom is 0.0644 e. The molecule has 0 N–H and O–H groups in total. The van der Waals surface area contributed by atoms with Gasteiger partial charge >= 0.3 is 0 Å². The van der Waals surface area contributed by atoms with Crippen LogP contribution in [0, 0.1) is 23.7 Å². The summed E-state index contributed by atoms with van der Waals surface area (Å²) in [6.45, 7) is 6.34. The Kier molecular flexibility index (Phi) is 8.54. The summed E-state index contributed by atoms with van der Waals surface area (Å²) in [5.41, 5.74) is 0. The fourth-order valence-corrected chi connectivity index (χ4v) is 4.40. The summed E-state index contributed by atoms with van der Waals surface area (Å²) >= 11 is 0. The van der Waals surface area contributed by atoms with E-state index in [1.807, 2.05) is 13.2 Å². The molecule has 0 atom stereocenters. The van der Waals surface area contributed by atoms with E-state index >= 15 is 0 Å². The van der Waals surface area contributed by atoms with Crippen LogP contribution in [0.5, 0.6) is 0 Å². The molecule has 0 heterocycles. The molecule has 128 valence electrons. The highest BCUT2D eigenvalue weighted by molar-refractivity contribution is 4.77. The van der Waals surface area contributed by atoms with Crippen LogP contribution in [0.2, 0.25) is 0 Å². The highest BCUT2D eigenvalue weighted by Crippen LogP contribution is 2.36. The molecule has 2 aliphatic rings. The van der Waals surface area contributed by atoms with Gasteiger partial charge in [0.2, 0.25) is 0 Å². The normalized spacial score (nSPS) is 32.8. The monoisotopic (exact) mass is 308 g/mol. The minimum absolute atomic E-state index is 0.714. The smallest absolute Gasteiger partial charge is 0.0644 e. The van der Waals surface area contributed by atoms with Gasteiger partial charge in [0.25, 0.3) is 0 Å². The molecule has 0 aromatic heterocycles. The van der Waals surface area contributed by atoms with Crippen LogP contribution >= 0.6 is 0 Å². The molecule has 0 aromatic carbocycles. The Morgan fingerprint density at radius 1 is 0.773 bits per heavy atom. The van der Waals surface area contributed by atoms with E-state index in [-0.39, 0.29) is 0 Å². The zero-order valence-corrected chi connectivity index (χ0v) is 14.6. The molecule has 2 heteroatoms. The Bertz CT molecular complexity index is 286. The molecule has 2 fully saturated rings. The molecule has 0 radical (unpaired) electrons. The van der Waals surface area contributed by atoms with E-state index in [0.717, 1.165) is 36.9 Å². The number of hydrogen-bond donors (Lipinski definition) is 0. The highest BCUT2D eigenvalue weighted by atomic mass is 16.5. The Balaban J connectivity index is 1.53. The average Bonchev–Trinajstić information content (AvgIpc) is 2.56. The minimum Gasteiger partial charge on any atom is -0.384 e. The summed E-state index contributed by atoms with van der Waals surface area (Å²) in [5.74, 6) is 3.64. The molecule has 2 rings (SSSR count). The molecule has 0 spiro atoms. The van der Waals surface area contributed by atoms with Crippen LogP contribution in [0.4, 0.5) is 0 Å². The predicted octanol–water partition coefficient (Wildman–Crippen LogP) is 5.23. The lowest BCUT2D eigenvalue weighted by atomic mass is 9.76. The van der Waals surface area contributed by atoms with Gasteiger partial charge in [-0.25, -0.2) is 0 Å². The molecule has 2 aliphatic carbocycles. The Hall–Kier alpha value is -0.340.